The van der Waals surface area contributed by atoms with Gasteiger partial charge in [-0.1, -0.05) is 26.3 Å². The lowest BCUT2D eigenvalue weighted by Crippen LogP contribution is -2.64. The largest absolute Gasteiger partial charge is 0.457 e. The van der Waals surface area contributed by atoms with Crippen LogP contribution in [0.1, 0.15) is 100 Å². The van der Waals surface area contributed by atoms with Crippen LogP contribution in [-0.4, -0.2) is 157 Å². The van der Waals surface area contributed by atoms with Crippen LogP contribution in [0.3, 0.4) is 0 Å². The zero-order valence-corrected chi connectivity index (χ0v) is 34.1. The van der Waals surface area contributed by atoms with Gasteiger partial charge in [0.1, 0.15) is 42.7 Å². The normalized spacial score (nSPS) is 51.0. The number of hydrogen-bond acceptors (Lipinski definition) is 16. The van der Waals surface area contributed by atoms with Crippen molar-refractivity contribution in [1.82, 2.24) is 0 Å². The number of rotatable bonds is 12. The van der Waals surface area contributed by atoms with E-state index in [1.165, 1.54) is 13.8 Å². The van der Waals surface area contributed by atoms with E-state index in [-0.39, 0.29) is 29.3 Å². The van der Waals surface area contributed by atoms with Gasteiger partial charge in [-0.05, 0) is 95.8 Å². The SMILES string of the molecule is C=C[C@@](C)(CC[C@H]1[C@]2(C)CCC[C@@](C)(CO[C@@H]3O[C@@H](C)[C@H](O)[C@@H](O)[C@H]3O)[C@H]2CC[C@@]1(C)O)O[C@@H]1O[C@@H](C)[C@H](O)[C@@H](OC(C)=O)[C@H]1O[C@@H]1O[C@H](C)[C@@H](O)[C@H](O)[C@H]1O. The van der Waals surface area contributed by atoms with E-state index >= 15 is 0 Å². The minimum Gasteiger partial charge on any atom is -0.457 e. The van der Waals surface area contributed by atoms with Gasteiger partial charge in [0.15, 0.2) is 31.1 Å². The van der Waals surface area contributed by atoms with E-state index in [1.807, 2.05) is 13.8 Å². The number of fused-ring (bicyclic) bond motifs is 1. The van der Waals surface area contributed by atoms with Crippen molar-refractivity contribution in [3.8, 4) is 0 Å². The molecule has 56 heavy (non-hydrogen) atoms. The maximum atomic E-state index is 12.3. The van der Waals surface area contributed by atoms with Crippen LogP contribution in [0.25, 0.3) is 0 Å². The summed E-state index contributed by atoms with van der Waals surface area (Å²) in [6.45, 7) is 18.3. The first-order chi connectivity index (χ1) is 26.0. The minimum absolute atomic E-state index is 0.114. The molecular formula is C40H68O16. The summed E-state index contributed by atoms with van der Waals surface area (Å²) in [6.07, 6.45) is -12.9. The zero-order valence-electron chi connectivity index (χ0n) is 34.1. The third-order valence-corrected chi connectivity index (χ3v) is 13.9. The molecule has 3 saturated heterocycles. The van der Waals surface area contributed by atoms with Crippen molar-refractivity contribution in [3.63, 3.8) is 0 Å². The molecule has 0 aromatic rings. The molecule has 324 valence electrons. The molecule has 0 amide bonds. The predicted molar refractivity (Wildman–Crippen MR) is 197 cm³/mol. The molecule has 5 fully saturated rings. The van der Waals surface area contributed by atoms with E-state index in [2.05, 4.69) is 20.4 Å². The fraction of sp³-hybridized carbons (Fsp3) is 0.925. The Kier molecular flexibility index (Phi) is 14.1. The topological polar surface area (TPSA) is 244 Å². The molecule has 5 aliphatic rings. The molecule has 0 aromatic carbocycles. The number of aliphatic hydroxyl groups excluding tert-OH is 7. The Balaban J connectivity index is 1.35. The Morgan fingerprint density at radius 2 is 1.34 bits per heavy atom. The Morgan fingerprint density at radius 3 is 1.93 bits per heavy atom. The van der Waals surface area contributed by atoms with Gasteiger partial charge in [0.25, 0.3) is 0 Å². The van der Waals surface area contributed by atoms with Gasteiger partial charge in [0.2, 0.25) is 0 Å². The molecule has 0 spiro atoms. The van der Waals surface area contributed by atoms with E-state index in [0.29, 0.717) is 19.3 Å². The molecule has 3 aliphatic heterocycles. The first kappa shape index (κ1) is 45.7. The molecule has 16 heteroatoms. The highest BCUT2D eigenvalue weighted by molar-refractivity contribution is 5.66. The predicted octanol–water partition coefficient (Wildman–Crippen LogP) is 0.796. The Hall–Kier alpha value is -1.35. The van der Waals surface area contributed by atoms with Crippen LogP contribution in [-0.2, 0) is 38.0 Å². The fourth-order valence-corrected chi connectivity index (χ4v) is 10.4. The van der Waals surface area contributed by atoms with Gasteiger partial charge >= 0.3 is 5.97 Å². The van der Waals surface area contributed by atoms with Crippen molar-refractivity contribution in [2.75, 3.05) is 6.61 Å². The smallest absolute Gasteiger partial charge is 0.303 e. The maximum absolute atomic E-state index is 12.3. The van der Waals surface area contributed by atoms with Gasteiger partial charge in [0, 0.05) is 6.92 Å². The van der Waals surface area contributed by atoms with Crippen LogP contribution in [0.15, 0.2) is 12.7 Å². The first-order valence-electron chi connectivity index (χ1n) is 20.2. The van der Waals surface area contributed by atoms with Crippen LogP contribution in [0.4, 0.5) is 0 Å². The minimum atomic E-state index is -1.70. The lowest BCUT2D eigenvalue weighted by Gasteiger charge is -2.62. The second-order valence-corrected chi connectivity index (χ2v) is 18.2. The summed E-state index contributed by atoms with van der Waals surface area (Å²) in [5.41, 5.74) is -2.87. The van der Waals surface area contributed by atoms with Crippen LogP contribution >= 0.6 is 0 Å². The maximum Gasteiger partial charge on any atom is 0.303 e. The van der Waals surface area contributed by atoms with Crippen molar-refractivity contribution in [1.29, 1.82) is 0 Å². The Labute approximate surface area is 330 Å². The molecule has 0 radical (unpaired) electrons. The number of carbonyl (C=O) groups excluding carboxylic acids is 1. The van der Waals surface area contributed by atoms with E-state index in [9.17, 15) is 45.6 Å². The highest BCUT2D eigenvalue weighted by Crippen LogP contribution is 2.63. The Bertz CT molecular complexity index is 1350. The Morgan fingerprint density at radius 1 is 0.786 bits per heavy atom. The average Bonchev–Trinajstić information content (AvgIpc) is 3.12. The highest BCUT2D eigenvalue weighted by atomic mass is 16.8. The molecule has 0 unspecified atom stereocenters. The molecule has 5 rings (SSSR count). The van der Waals surface area contributed by atoms with Crippen molar-refractivity contribution in [3.05, 3.63) is 12.7 Å². The molecule has 16 nitrogen and oxygen atoms in total. The van der Waals surface area contributed by atoms with E-state index in [0.717, 1.165) is 25.7 Å². The molecule has 21 atom stereocenters. The third kappa shape index (κ3) is 9.04. The highest BCUT2D eigenvalue weighted by Gasteiger charge is 2.60. The summed E-state index contributed by atoms with van der Waals surface area (Å²) in [7, 11) is 0. The lowest BCUT2D eigenvalue weighted by molar-refractivity contribution is -0.370. The molecule has 2 saturated carbocycles. The first-order valence-corrected chi connectivity index (χ1v) is 20.2. The van der Waals surface area contributed by atoms with Gasteiger partial charge in [-0.3, -0.25) is 4.79 Å². The molecular weight excluding hydrogens is 736 g/mol. The van der Waals surface area contributed by atoms with E-state index in [4.69, 9.17) is 33.2 Å². The second-order valence-electron chi connectivity index (χ2n) is 18.2. The summed E-state index contributed by atoms with van der Waals surface area (Å²) >= 11 is 0. The van der Waals surface area contributed by atoms with Crippen molar-refractivity contribution in [2.24, 2.45) is 22.7 Å². The van der Waals surface area contributed by atoms with Crippen molar-refractivity contribution >= 4 is 5.97 Å². The van der Waals surface area contributed by atoms with E-state index < -0.39 is 109 Å². The monoisotopic (exact) mass is 804 g/mol. The molecule has 3 heterocycles. The number of esters is 1. The quantitative estimate of drug-likeness (QED) is 0.100. The third-order valence-electron chi connectivity index (χ3n) is 13.9. The second kappa shape index (κ2) is 17.3. The van der Waals surface area contributed by atoms with Crippen LogP contribution in [0.2, 0.25) is 0 Å². The summed E-state index contributed by atoms with van der Waals surface area (Å²) in [6, 6.07) is 0. The van der Waals surface area contributed by atoms with Gasteiger partial charge in [-0.2, -0.15) is 0 Å². The van der Waals surface area contributed by atoms with Crippen LogP contribution in [0, 0.1) is 22.7 Å². The molecule has 8 N–H and O–H groups in total. The van der Waals surface area contributed by atoms with Crippen molar-refractivity contribution in [2.45, 2.75) is 204 Å². The molecule has 2 aliphatic carbocycles. The van der Waals surface area contributed by atoms with Crippen LogP contribution < -0.4 is 0 Å². The fourth-order valence-electron chi connectivity index (χ4n) is 10.4. The summed E-state index contributed by atoms with van der Waals surface area (Å²) in [4.78, 5) is 12.3. The molecule has 0 bridgehead atoms. The van der Waals surface area contributed by atoms with Gasteiger partial charge < -0.3 is 74.0 Å². The number of aliphatic hydroxyl groups is 8. The average molecular weight is 805 g/mol. The number of ether oxygens (including phenoxy) is 7. The lowest BCUT2D eigenvalue weighted by atomic mass is 9.44. The summed E-state index contributed by atoms with van der Waals surface area (Å²) in [5.74, 6) is -0.807. The zero-order chi connectivity index (χ0) is 41.7. The van der Waals surface area contributed by atoms with Crippen molar-refractivity contribution < 1.29 is 78.8 Å². The van der Waals surface area contributed by atoms with Gasteiger partial charge in [-0.15, -0.1) is 6.58 Å². The van der Waals surface area contributed by atoms with Crippen LogP contribution in [0.5, 0.6) is 0 Å². The van der Waals surface area contributed by atoms with Gasteiger partial charge in [-0.25, -0.2) is 0 Å². The van der Waals surface area contributed by atoms with Gasteiger partial charge in [0.05, 0.1) is 36.1 Å². The number of hydrogen-bond donors (Lipinski definition) is 8. The standard InChI is InChI=1S/C40H68O16/c1-10-38(7,56-36-33(32(54-22(5)41)27(44)21(4)53-36)55-35-31(48)29(46)26(43)20(3)52-35)16-12-24-39(8)15-11-14-37(6,23(39)13-17-40(24,9)49)18-50-34-30(47)28(45)25(42)19(2)51-34/h10,19-21,23-36,42-49H,1,11-18H2,2-9H3/t19-,20+,21-,23+,24-,25-,26+,27-,28+,29-,30+,31+,32+,33+,34+,35-,36-,37-,38-,39+,40+/m0/s1. The van der Waals surface area contributed by atoms with E-state index in [1.54, 1.807) is 19.9 Å². The number of carbonyl (C=O) groups is 1. The summed E-state index contributed by atoms with van der Waals surface area (Å²) < 4.78 is 42.1. The molecule has 0 aromatic heterocycles. The summed E-state index contributed by atoms with van der Waals surface area (Å²) in [5, 5.41) is 85.9.